The van der Waals surface area contributed by atoms with Gasteiger partial charge in [-0.05, 0) is 0 Å². The number of rotatable bonds is 4. The van der Waals surface area contributed by atoms with Gasteiger partial charge in [-0.2, -0.15) is 0 Å². The van der Waals surface area contributed by atoms with Crippen LogP contribution >= 0.6 is 0 Å². The molecule has 2 aromatic rings. The van der Waals surface area contributed by atoms with E-state index in [0.29, 0.717) is 15.0 Å². The van der Waals surface area contributed by atoms with Crippen molar-refractivity contribution < 1.29 is 0 Å². The molecule has 0 amide bonds. The van der Waals surface area contributed by atoms with Crippen molar-refractivity contribution >= 4 is 25.1 Å². The van der Waals surface area contributed by atoms with Gasteiger partial charge in [-0.3, -0.25) is 0 Å². The summed E-state index contributed by atoms with van der Waals surface area (Å²) >= 11 is 0.591. The van der Waals surface area contributed by atoms with E-state index >= 15 is 0 Å². The van der Waals surface area contributed by atoms with Crippen molar-refractivity contribution in [1.82, 2.24) is 0 Å². The quantitative estimate of drug-likeness (QED) is 0.770. The number of hydrogen-bond acceptors (Lipinski definition) is 1. The van der Waals surface area contributed by atoms with Crippen LogP contribution in [0, 0.1) is 5.92 Å². The fraction of sp³-hybridized carbons (Fsp3) is 0.235. The van der Waals surface area contributed by atoms with E-state index < -0.39 is 0 Å². The van der Waals surface area contributed by atoms with Gasteiger partial charge in [0.05, 0.1) is 0 Å². The topological polar surface area (TPSA) is 12.4 Å². The van der Waals surface area contributed by atoms with E-state index in [4.69, 9.17) is 4.99 Å². The van der Waals surface area contributed by atoms with Crippen molar-refractivity contribution in [3.63, 3.8) is 0 Å². The van der Waals surface area contributed by atoms with Crippen LogP contribution < -0.4 is 4.46 Å². The molecule has 2 aromatic carbocycles. The second-order valence-corrected chi connectivity index (χ2v) is 7.14. The summed E-state index contributed by atoms with van der Waals surface area (Å²) in [7, 11) is 0. The van der Waals surface area contributed by atoms with Crippen LogP contribution in [0.1, 0.15) is 12.0 Å². The zero-order valence-electron chi connectivity index (χ0n) is 10.8. The van der Waals surface area contributed by atoms with E-state index in [0.717, 1.165) is 18.9 Å². The summed E-state index contributed by atoms with van der Waals surface area (Å²) in [6, 6.07) is 21.4. The van der Waals surface area contributed by atoms with Crippen LogP contribution in [-0.2, 0) is 0 Å². The fourth-order valence-corrected chi connectivity index (χ4v) is 4.42. The maximum atomic E-state index is 4.73. The van der Waals surface area contributed by atoms with Gasteiger partial charge in [0.1, 0.15) is 0 Å². The Morgan fingerprint density at radius 2 is 1.63 bits per heavy atom. The van der Waals surface area contributed by atoms with Gasteiger partial charge in [-0.1, -0.05) is 0 Å². The molecular formula is C17H17NSe. The first-order chi connectivity index (χ1) is 9.42. The van der Waals surface area contributed by atoms with E-state index in [1.807, 2.05) is 0 Å². The first-order valence-corrected chi connectivity index (χ1v) is 8.75. The molecule has 0 bridgehead atoms. The Kier molecular flexibility index (Phi) is 4.12. The van der Waals surface area contributed by atoms with Crippen molar-refractivity contribution in [3.8, 4) is 0 Å². The average molecular weight is 314 g/mol. The van der Waals surface area contributed by atoms with Crippen molar-refractivity contribution in [2.24, 2.45) is 10.9 Å². The molecule has 1 aliphatic heterocycles. The molecule has 0 N–H and O–H groups in total. The Morgan fingerprint density at radius 3 is 2.37 bits per heavy atom. The molecule has 1 unspecified atom stereocenters. The summed E-state index contributed by atoms with van der Waals surface area (Å²) in [4.78, 5) is 4.73. The van der Waals surface area contributed by atoms with Crippen LogP contribution in [0.3, 0.4) is 0 Å². The third-order valence-corrected chi connectivity index (χ3v) is 5.97. The summed E-state index contributed by atoms with van der Waals surface area (Å²) in [6.07, 6.45) is 1.15. The third-order valence-electron chi connectivity index (χ3n) is 3.36. The van der Waals surface area contributed by atoms with Crippen LogP contribution in [0.25, 0.3) is 0 Å². The average Bonchev–Trinajstić information content (AvgIpc) is 2.96. The molecule has 0 radical (unpaired) electrons. The Morgan fingerprint density at radius 1 is 0.947 bits per heavy atom. The van der Waals surface area contributed by atoms with Gasteiger partial charge in [0.15, 0.2) is 0 Å². The van der Waals surface area contributed by atoms with Gasteiger partial charge in [-0.15, -0.1) is 0 Å². The van der Waals surface area contributed by atoms with Crippen molar-refractivity contribution in [2.75, 3.05) is 6.54 Å². The zero-order valence-corrected chi connectivity index (χ0v) is 12.5. The first-order valence-electron chi connectivity index (χ1n) is 6.68. The monoisotopic (exact) mass is 315 g/mol. The number of aliphatic imine (C=N–C) groups is 1. The SMILES string of the molecule is c1ccc([Se]CC2CN=C(c3ccccc3)C2)cc1. The number of nitrogens with zero attached hydrogens (tertiary/aromatic N) is 1. The van der Waals surface area contributed by atoms with Gasteiger partial charge in [0.25, 0.3) is 0 Å². The molecule has 0 spiro atoms. The van der Waals surface area contributed by atoms with Crippen LogP contribution in [-0.4, -0.2) is 27.2 Å². The molecule has 1 aliphatic rings. The molecule has 96 valence electrons. The molecule has 3 rings (SSSR count). The Bertz CT molecular complexity index is 548. The summed E-state index contributed by atoms with van der Waals surface area (Å²) < 4.78 is 1.50. The van der Waals surface area contributed by atoms with Crippen LogP contribution in [0.2, 0.25) is 5.32 Å². The molecule has 1 nitrogen and oxygen atoms in total. The summed E-state index contributed by atoms with van der Waals surface area (Å²) in [5.74, 6) is 0.746. The van der Waals surface area contributed by atoms with E-state index in [-0.39, 0.29) is 0 Å². The van der Waals surface area contributed by atoms with Crippen molar-refractivity contribution in [3.05, 3.63) is 66.2 Å². The van der Waals surface area contributed by atoms with Gasteiger partial charge in [0, 0.05) is 0 Å². The maximum absolute atomic E-state index is 4.73. The van der Waals surface area contributed by atoms with Gasteiger partial charge in [-0.25, -0.2) is 0 Å². The standard InChI is InChI=1S/C17H17NSe/c1-3-7-15(8-4-1)17-11-14(12-18-17)13-19-16-9-5-2-6-10-16/h1-10,14H,11-13H2. The van der Waals surface area contributed by atoms with Crippen LogP contribution in [0.15, 0.2) is 65.7 Å². The van der Waals surface area contributed by atoms with Gasteiger partial charge >= 0.3 is 121 Å². The van der Waals surface area contributed by atoms with E-state index in [9.17, 15) is 0 Å². The molecule has 2 heteroatoms. The first kappa shape index (κ1) is 12.7. The fourth-order valence-electron chi connectivity index (χ4n) is 2.32. The normalized spacial score (nSPS) is 18.3. The van der Waals surface area contributed by atoms with Crippen LogP contribution in [0.4, 0.5) is 0 Å². The summed E-state index contributed by atoms with van der Waals surface area (Å²) in [5.41, 5.74) is 2.60. The molecule has 1 heterocycles. The van der Waals surface area contributed by atoms with Gasteiger partial charge < -0.3 is 0 Å². The molecule has 19 heavy (non-hydrogen) atoms. The van der Waals surface area contributed by atoms with E-state index in [2.05, 4.69) is 60.7 Å². The zero-order chi connectivity index (χ0) is 12.9. The summed E-state index contributed by atoms with van der Waals surface area (Å²) in [5, 5.41) is 1.30. The number of hydrogen-bond donors (Lipinski definition) is 0. The van der Waals surface area contributed by atoms with E-state index in [1.165, 1.54) is 21.1 Å². The van der Waals surface area contributed by atoms with E-state index in [1.54, 1.807) is 0 Å². The third kappa shape index (κ3) is 3.34. The van der Waals surface area contributed by atoms with Crippen molar-refractivity contribution in [1.29, 1.82) is 0 Å². The predicted molar refractivity (Wildman–Crippen MR) is 82.6 cm³/mol. The molecule has 0 fully saturated rings. The minimum atomic E-state index is 0.591. The van der Waals surface area contributed by atoms with Gasteiger partial charge in [0.2, 0.25) is 0 Å². The molecule has 0 aliphatic carbocycles. The molecule has 0 saturated heterocycles. The molecule has 1 atom stereocenters. The van der Waals surface area contributed by atoms with Crippen LogP contribution in [0.5, 0.6) is 0 Å². The Labute approximate surface area is 120 Å². The van der Waals surface area contributed by atoms with Crippen molar-refractivity contribution in [2.45, 2.75) is 11.7 Å². The molecular weight excluding hydrogens is 297 g/mol. The Hall–Kier alpha value is -1.37. The second kappa shape index (κ2) is 6.18. The number of benzene rings is 2. The predicted octanol–water partition coefficient (Wildman–Crippen LogP) is 2.94. The molecule has 0 aromatic heterocycles. The molecule has 0 saturated carbocycles. The second-order valence-electron chi connectivity index (χ2n) is 4.85. The minimum absolute atomic E-state index is 0.591. The summed E-state index contributed by atoms with van der Waals surface area (Å²) in [6.45, 7) is 1.01. The Balaban J connectivity index is 1.54.